The van der Waals surface area contributed by atoms with Gasteiger partial charge in [-0.2, -0.15) is 0 Å². The predicted molar refractivity (Wildman–Crippen MR) is 66.3 cm³/mol. The van der Waals surface area contributed by atoms with Crippen molar-refractivity contribution in [3.05, 3.63) is 0 Å². The number of ether oxygens (including phenoxy) is 3. The number of hydrogen-bond acceptors (Lipinski definition) is 6. The lowest BCUT2D eigenvalue weighted by Gasteiger charge is -2.40. The van der Waals surface area contributed by atoms with Crippen molar-refractivity contribution in [1.29, 1.82) is 0 Å². The second-order valence-electron chi connectivity index (χ2n) is 4.18. The maximum absolute atomic E-state index is 11.0. The van der Waals surface area contributed by atoms with Crippen LogP contribution in [0.5, 0.6) is 0 Å². The molecule has 0 aromatic rings. The molecular weight excluding hydrogens is 308 g/mol. The first-order valence-corrected chi connectivity index (χ1v) is 6.96. The summed E-state index contributed by atoms with van der Waals surface area (Å²) in [4.78, 5) is 11.0. The number of carbonyl (C=O) groups excluding carboxylic acids is 1. The molecule has 2 unspecified atom stereocenters. The fourth-order valence-electron chi connectivity index (χ4n) is 1.71. The molecule has 0 aliphatic carbocycles. The molecule has 1 rings (SSSR count). The van der Waals surface area contributed by atoms with Gasteiger partial charge < -0.3 is 24.4 Å². The van der Waals surface area contributed by atoms with Crippen molar-refractivity contribution in [3.8, 4) is 0 Å². The Morgan fingerprint density at radius 3 is 2.61 bits per heavy atom. The molecule has 106 valence electrons. The summed E-state index contributed by atoms with van der Waals surface area (Å²) in [6.07, 6.45) is -4.01. The monoisotopic (exact) mass is 326 g/mol. The third-order valence-corrected chi connectivity index (χ3v) is 3.21. The summed E-state index contributed by atoms with van der Waals surface area (Å²) in [5.41, 5.74) is 0. The van der Waals surface area contributed by atoms with Crippen molar-refractivity contribution in [2.75, 3.05) is 11.9 Å². The van der Waals surface area contributed by atoms with Crippen LogP contribution in [0.4, 0.5) is 0 Å². The van der Waals surface area contributed by atoms with Crippen LogP contribution in [-0.4, -0.2) is 58.8 Å². The molecule has 0 amide bonds. The number of esters is 1. The topological polar surface area (TPSA) is 85.2 Å². The van der Waals surface area contributed by atoms with Crippen LogP contribution in [0.1, 0.15) is 20.3 Å². The molecule has 7 heteroatoms. The summed E-state index contributed by atoms with van der Waals surface area (Å²) < 4.78 is 15.8. The summed E-state index contributed by atoms with van der Waals surface area (Å²) in [6.45, 7) is 3.26. The summed E-state index contributed by atoms with van der Waals surface area (Å²) in [5, 5.41) is 20.4. The van der Waals surface area contributed by atoms with E-state index < -0.39 is 36.7 Å². The number of aliphatic hydroxyl groups is 2. The molecular formula is C11H19BrO6. The van der Waals surface area contributed by atoms with Crippen molar-refractivity contribution in [3.63, 3.8) is 0 Å². The van der Waals surface area contributed by atoms with Crippen molar-refractivity contribution < 1.29 is 29.2 Å². The zero-order chi connectivity index (χ0) is 13.7. The first-order chi connectivity index (χ1) is 8.47. The predicted octanol–water partition coefficient (Wildman–Crippen LogP) is 0.186. The molecule has 0 bridgehead atoms. The normalized spacial score (nSPS) is 36.4. The summed E-state index contributed by atoms with van der Waals surface area (Å²) in [7, 11) is 0. The maximum atomic E-state index is 11.0. The van der Waals surface area contributed by atoms with Crippen molar-refractivity contribution in [2.45, 2.75) is 51.0 Å². The molecule has 18 heavy (non-hydrogen) atoms. The molecule has 0 saturated carbocycles. The lowest BCUT2D eigenvalue weighted by Crippen LogP contribution is -2.58. The van der Waals surface area contributed by atoms with Crippen molar-refractivity contribution in [2.24, 2.45) is 0 Å². The molecule has 0 radical (unpaired) electrons. The third-order valence-electron chi connectivity index (χ3n) is 2.65. The van der Waals surface area contributed by atoms with Gasteiger partial charge in [-0.25, -0.2) is 0 Å². The number of halogens is 1. The van der Waals surface area contributed by atoms with Gasteiger partial charge in [0.25, 0.3) is 0 Å². The SMILES string of the molecule is CC(=O)O[C@H]1C(O)[C@@H](O)C(C)O[C@H]1OCCCBr. The van der Waals surface area contributed by atoms with Gasteiger partial charge >= 0.3 is 5.97 Å². The maximum Gasteiger partial charge on any atom is 0.303 e. The van der Waals surface area contributed by atoms with Crippen molar-refractivity contribution >= 4 is 21.9 Å². The van der Waals surface area contributed by atoms with Crippen LogP contribution in [0.3, 0.4) is 0 Å². The van der Waals surface area contributed by atoms with Gasteiger partial charge in [-0.05, 0) is 13.3 Å². The zero-order valence-electron chi connectivity index (χ0n) is 10.4. The third kappa shape index (κ3) is 4.17. The molecule has 1 fully saturated rings. The molecule has 0 spiro atoms. The van der Waals surface area contributed by atoms with Gasteiger partial charge in [0.05, 0.1) is 12.7 Å². The lowest BCUT2D eigenvalue weighted by atomic mass is 10.00. The van der Waals surface area contributed by atoms with Crippen LogP contribution in [0.2, 0.25) is 0 Å². The van der Waals surface area contributed by atoms with Gasteiger partial charge in [-0.3, -0.25) is 4.79 Å². The van der Waals surface area contributed by atoms with Crippen LogP contribution in [0, 0.1) is 0 Å². The minimum Gasteiger partial charge on any atom is -0.454 e. The largest absolute Gasteiger partial charge is 0.454 e. The molecule has 1 heterocycles. The van der Waals surface area contributed by atoms with E-state index in [2.05, 4.69) is 15.9 Å². The van der Waals surface area contributed by atoms with E-state index in [0.717, 1.165) is 11.8 Å². The lowest BCUT2D eigenvalue weighted by molar-refractivity contribution is -0.296. The Hall–Kier alpha value is -0.210. The minimum absolute atomic E-state index is 0.406. The Kier molecular flexibility index (Phi) is 6.51. The highest BCUT2D eigenvalue weighted by Crippen LogP contribution is 2.24. The van der Waals surface area contributed by atoms with E-state index in [1.807, 2.05) is 0 Å². The highest BCUT2D eigenvalue weighted by molar-refractivity contribution is 9.09. The second-order valence-corrected chi connectivity index (χ2v) is 4.97. The second kappa shape index (κ2) is 7.40. The van der Waals surface area contributed by atoms with Gasteiger partial charge in [0, 0.05) is 12.3 Å². The number of rotatable bonds is 5. The molecule has 0 aromatic heterocycles. The van der Waals surface area contributed by atoms with Crippen LogP contribution in [0.15, 0.2) is 0 Å². The zero-order valence-corrected chi connectivity index (χ0v) is 12.0. The Labute approximate surface area is 114 Å². The Morgan fingerprint density at radius 2 is 2.06 bits per heavy atom. The molecule has 5 atom stereocenters. The van der Waals surface area contributed by atoms with Crippen LogP contribution < -0.4 is 0 Å². The minimum atomic E-state index is -1.22. The van der Waals surface area contributed by atoms with Gasteiger partial charge in [0.1, 0.15) is 12.2 Å². The van der Waals surface area contributed by atoms with Gasteiger partial charge in [0.2, 0.25) is 0 Å². The first-order valence-electron chi connectivity index (χ1n) is 5.83. The summed E-state index contributed by atoms with van der Waals surface area (Å²) in [6, 6.07) is 0. The van der Waals surface area contributed by atoms with E-state index in [-0.39, 0.29) is 0 Å². The molecule has 1 aliphatic heterocycles. The standard InChI is InChI=1S/C11H19BrO6/c1-6-8(14)9(15)10(18-7(2)13)11(17-6)16-5-3-4-12/h6,8-11,14-15H,3-5H2,1-2H3/t6?,8-,9?,10-,11+/m0/s1. The van der Waals surface area contributed by atoms with Crippen LogP contribution in [-0.2, 0) is 19.0 Å². The Bertz CT molecular complexity index is 274. The number of carbonyl (C=O) groups is 1. The summed E-state index contributed by atoms with van der Waals surface area (Å²) >= 11 is 3.27. The van der Waals surface area contributed by atoms with Gasteiger partial charge in [-0.15, -0.1) is 0 Å². The molecule has 1 aliphatic rings. The fourth-order valence-corrected chi connectivity index (χ4v) is 1.94. The molecule has 6 nitrogen and oxygen atoms in total. The highest BCUT2D eigenvalue weighted by atomic mass is 79.9. The number of alkyl halides is 1. The molecule has 1 saturated heterocycles. The average Bonchev–Trinajstić information content (AvgIpc) is 2.31. The van der Waals surface area contributed by atoms with E-state index in [1.54, 1.807) is 6.92 Å². The Morgan fingerprint density at radius 1 is 1.39 bits per heavy atom. The van der Waals surface area contributed by atoms with E-state index in [1.165, 1.54) is 6.92 Å². The van der Waals surface area contributed by atoms with E-state index in [4.69, 9.17) is 14.2 Å². The summed E-state index contributed by atoms with van der Waals surface area (Å²) in [5.74, 6) is -0.557. The van der Waals surface area contributed by atoms with E-state index in [9.17, 15) is 15.0 Å². The van der Waals surface area contributed by atoms with E-state index >= 15 is 0 Å². The Balaban J connectivity index is 2.66. The quantitative estimate of drug-likeness (QED) is 0.426. The highest BCUT2D eigenvalue weighted by Gasteiger charge is 2.45. The van der Waals surface area contributed by atoms with Crippen molar-refractivity contribution in [1.82, 2.24) is 0 Å². The molecule has 2 N–H and O–H groups in total. The average molecular weight is 327 g/mol. The van der Waals surface area contributed by atoms with Crippen LogP contribution in [0.25, 0.3) is 0 Å². The van der Waals surface area contributed by atoms with E-state index in [0.29, 0.717) is 6.61 Å². The van der Waals surface area contributed by atoms with Crippen LogP contribution >= 0.6 is 15.9 Å². The smallest absolute Gasteiger partial charge is 0.303 e. The number of aliphatic hydroxyl groups excluding tert-OH is 2. The number of hydrogen-bond donors (Lipinski definition) is 2. The first kappa shape index (κ1) is 15.8. The van der Waals surface area contributed by atoms with Gasteiger partial charge in [0.15, 0.2) is 12.4 Å². The van der Waals surface area contributed by atoms with Gasteiger partial charge in [-0.1, -0.05) is 15.9 Å². The molecule has 0 aromatic carbocycles. The fraction of sp³-hybridized carbons (Fsp3) is 0.909.